The van der Waals surface area contributed by atoms with Gasteiger partial charge in [-0.05, 0) is 43.9 Å². The molecule has 1 atom stereocenters. The van der Waals surface area contributed by atoms with E-state index in [1.165, 1.54) is 10.5 Å². The number of carbonyl (C=O) groups is 2. The molecule has 5 rings (SSSR count). The van der Waals surface area contributed by atoms with E-state index in [0.29, 0.717) is 49.3 Å². The van der Waals surface area contributed by atoms with Gasteiger partial charge in [0, 0.05) is 51.8 Å². The molecule has 5 heterocycles. The monoisotopic (exact) mass is 521 g/mol. The Morgan fingerprint density at radius 2 is 2.05 bits per heavy atom. The summed E-state index contributed by atoms with van der Waals surface area (Å²) in [5.41, 5.74) is 1.73. The number of amides is 1. The number of ether oxygens (including phenoxy) is 1. The van der Waals surface area contributed by atoms with Crippen molar-refractivity contribution >= 4 is 28.6 Å². The predicted molar refractivity (Wildman–Crippen MR) is 139 cm³/mol. The van der Waals surface area contributed by atoms with E-state index in [1.807, 2.05) is 23.8 Å². The fourth-order valence-corrected chi connectivity index (χ4v) is 4.42. The summed E-state index contributed by atoms with van der Waals surface area (Å²) in [6.45, 7) is 5.17. The number of rotatable bonds is 7. The first kappa shape index (κ1) is 26.7. The summed E-state index contributed by atoms with van der Waals surface area (Å²) in [6.07, 6.45) is 9.55. The van der Waals surface area contributed by atoms with Crippen molar-refractivity contribution in [2.45, 2.75) is 52.3 Å². The maximum absolute atomic E-state index is 13.4. The lowest BCUT2D eigenvalue weighted by Gasteiger charge is -2.16. The van der Waals surface area contributed by atoms with Gasteiger partial charge in [0.1, 0.15) is 16.8 Å². The number of aryl methyl sites for hydroxylation is 3. The molecule has 200 valence electrons. The topological polar surface area (TPSA) is 157 Å². The molecule has 1 aliphatic rings. The standard InChI is InChI=1S/C24H27N7O3.C2H4O2/c1-16-5-2-9-31-21(16)28-22-19(24(31)33)13-18(23(32)27-14-17-6-3-12-34-17)20(25)30(22)10-4-8-29-11-7-26-15-29;1-2(3)4/h2,5,7,9,11,13,15,17,25H,3-4,6,8,10,12,14H2,1H3,(H,27,32);1H3,(H,3,4). The van der Waals surface area contributed by atoms with Crippen LogP contribution in [-0.2, 0) is 22.6 Å². The van der Waals surface area contributed by atoms with E-state index in [9.17, 15) is 9.59 Å². The molecule has 4 aromatic heterocycles. The Bertz CT molecular complexity index is 1560. The van der Waals surface area contributed by atoms with E-state index < -0.39 is 5.97 Å². The highest BCUT2D eigenvalue weighted by atomic mass is 16.5. The van der Waals surface area contributed by atoms with Crippen LogP contribution in [0.5, 0.6) is 0 Å². The van der Waals surface area contributed by atoms with Crippen molar-refractivity contribution in [3.8, 4) is 0 Å². The Labute approximate surface area is 218 Å². The first-order valence-electron chi connectivity index (χ1n) is 12.4. The molecule has 1 amide bonds. The Hall–Kier alpha value is -4.32. The zero-order valence-corrected chi connectivity index (χ0v) is 21.4. The predicted octanol–water partition coefficient (Wildman–Crippen LogP) is 1.72. The lowest BCUT2D eigenvalue weighted by atomic mass is 10.1. The van der Waals surface area contributed by atoms with Gasteiger partial charge >= 0.3 is 0 Å². The van der Waals surface area contributed by atoms with Crippen LogP contribution >= 0.6 is 0 Å². The maximum Gasteiger partial charge on any atom is 0.300 e. The lowest BCUT2D eigenvalue weighted by Crippen LogP contribution is -2.38. The average molecular weight is 522 g/mol. The van der Waals surface area contributed by atoms with Crippen molar-refractivity contribution in [3.63, 3.8) is 0 Å². The number of hydrogen-bond donors (Lipinski definition) is 3. The Morgan fingerprint density at radius 3 is 2.74 bits per heavy atom. The minimum absolute atomic E-state index is 0.0138. The largest absolute Gasteiger partial charge is 0.481 e. The van der Waals surface area contributed by atoms with Crippen LogP contribution < -0.4 is 16.4 Å². The zero-order chi connectivity index (χ0) is 27.2. The lowest BCUT2D eigenvalue weighted by molar-refractivity contribution is -0.134. The SMILES string of the molecule is CC(=O)O.Cc1cccn2c(=O)c3cc(C(=O)NCC4CCCO4)c(=N)n(CCCn4ccnc4)c3nc12. The summed E-state index contributed by atoms with van der Waals surface area (Å²) in [5, 5.41) is 19.4. The van der Waals surface area contributed by atoms with Gasteiger partial charge in [-0.15, -0.1) is 0 Å². The highest BCUT2D eigenvalue weighted by Gasteiger charge is 2.20. The summed E-state index contributed by atoms with van der Waals surface area (Å²) < 4.78 is 10.7. The molecule has 12 nitrogen and oxygen atoms in total. The van der Waals surface area contributed by atoms with Gasteiger partial charge in [-0.2, -0.15) is 0 Å². The first-order valence-corrected chi connectivity index (χ1v) is 12.4. The molecule has 4 aromatic rings. The molecule has 0 saturated carbocycles. The molecule has 0 spiro atoms. The van der Waals surface area contributed by atoms with Gasteiger partial charge in [0.25, 0.3) is 17.4 Å². The number of hydrogen-bond acceptors (Lipinski definition) is 7. The third-order valence-corrected chi connectivity index (χ3v) is 6.25. The minimum Gasteiger partial charge on any atom is -0.481 e. The van der Waals surface area contributed by atoms with Gasteiger partial charge in [-0.25, -0.2) is 9.97 Å². The molecule has 0 aromatic carbocycles. The molecule has 38 heavy (non-hydrogen) atoms. The third kappa shape index (κ3) is 5.97. The highest BCUT2D eigenvalue weighted by Crippen LogP contribution is 2.14. The van der Waals surface area contributed by atoms with Crippen LogP contribution in [0.15, 0.2) is 47.9 Å². The maximum atomic E-state index is 13.4. The van der Waals surface area contributed by atoms with Crippen molar-refractivity contribution in [3.05, 3.63) is 70.1 Å². The van der Waals surface area contributed by atoms with Crippen LogP contribution in [0.3, 0.4) is 0 Å². The fourth-order valence-electron chi connectivity index (χ4n) is 4.42. The second kappa shape index (κ2) is 11.8. The fraction of sp³-hybridized carbons (Fsp3) is 0.385. The van der Waals surface area contributed by atoms with Crippen LogP contribution in [0.1, 0.15) is 42.1 Å². The molecule has 1 aliphatic heterocycles. The van der Waals surface area contributed by atoms with Gasteiger partial charge < -0.3 is 24.3 Å². The Kier molecular flexibility index (Phi) is 8.31. The second-order valence-electron chi connectivity index (χ2n) is 9.12. The minimum atomic E-state index is -0.833. The quantitative estimate of drug-likeness (QED) is 0.313. The van der Waals surface area contributed by atoms with Gasteiger partial charge in [0.05, 0.1) is 23.4 Å². The van der Waals surface area contributed by atoms with E-state index in [0.717, 1.165) is 25.3 Å². The second-order valence-corrected chi connectivity index (χ2v) is 9.12. The molecular formula is C26H31N7O5. The van der Waals surface area contributed by atoms with Gasteiger partial charge in [0.15, 0.2) is 0 Å². The summed E-state index contributed by atoms with van der Waals surface area (Å²) >= 11 is 0. The van der Waals surface area contributed by atoms with Crippen molar-refractivity contribution < 1.29 is 19.4 Å². The third-order valence-electron chi connectivity index (χ3n) is 6.25. The van der Waals surface area contributed by atoms with E-state index in [1.54, 1.807) is 29.4 Å². The summed E-state index contributed by atoms with van der Waals surface area (Å²) in [6, 6.07) is 5.19. The molecule has 12 heteroatoms. The number of aromatic nitrogens is 5. The van der Waals surface area contributed by atoms with Crippen LogP contribution in [-0.4, -0.2) is 59.7 Å². The molecule has 0 aliphatic carbocycles. The van der Waals surface area contributed by atoms with E-state index in [4.69, 9.17) is 25.0 Å². The average Bonchev–Trinajstić information content (AvgIpc) is 3.59. The van der Waals surface area contributed by atoms with Crippen molar-refractivity contribution in [1.29, 1.82) is 5.41 Å². The summed E-state index contributed by atoms with van der Waals surface area (Å²) in [4.78, 5) is 44.3. The van der Waals surface area contributed by atoms with Crippen molar-refractivity contribution in [2.24, 2.45) is 0 Å². The van der Waals surface area contributed by atoms with Crippen molar-refractivity contribution in [2.75, 3.05) is 13.2 Å². The van der Waals surface area contributed by atoms with E-state index in [-0.39, 0.29) is 28.6 Å². The summed E-state index contributed by atoms with van der Waals surface area (Å²) in [5.74, 6) is -1.22. The Morgan fingerprint density at radius 1 is 1.26 bits per heavy atom. The number of aliphatic carboxylic acids is 1. The first-order chi connectivity index (χ1) is 18.3. The molecule has 1 saturated heterocycles. The number of carboxylic acids is 1. The molecular weight excluding hydrogens is 490 g/mol. The molecule has 0 bridgehead atoms. The zero-order valence-electron chi connectivity index (χ0n) is 21.4. The van der Waals surface area contributed by atoms with Crippen LogP contribution in [0.2, 0.25) is 0 Å². The smallest absolute Gasteiger partial charge is 0.300 e. The summed E-state index contributed by atoms with van der Waals surface area (Å²) in [7, 11) is 0. The van der Waals surface area contributed by atoms with E-state index in [2.05, 4.69) is 10.3 Å². The van der Waals surface area contributed by atoms with Crippen LogP contribution in [0, 0.1) is 12.3 Å². The van der Waals surface area contributed by atoms with Crippen LogP contribution in [0.4, 0.5) is 0 Å². The number of nitrogens with zero attached hydrogens (tertiary/aromatic N) is 5. The molecule has 1 unspecified atom stereocenters. The number of nitrogens with one attached hydrogen (secondary N) is 2. The van der Waals surface area contributed by atoms with Gasteiger partial charge in [-0.1, -0.05) is 6.07 Å². The molecule has 0 radical (unpaired) electrons. The normalized spacial score (nSPS) is 14.8. The Balaban J connectivity index is 0.000000786. The van der Waals surface area contributed by atoms with Crippen LogP contribution in [0.25, 0.3) is 16.7 Å². The number of pyridine rings is 2. The van der Waals surface area contributed by atoms with E-state index >= 15 is 0 Å². The van der Waals surface area contributed by atoms with Crippen molar-refractivity contribution in [1.82, 2.24) is 28.8 Å². The number of imidazole rings is 1. The molecule has 3 N–H and O–H groups in total. The van der Waals surface area contributed by atoms with Gasteiger partial charge in [0.2, 0.25) is 0 Å². The number of carboxylic acid groups (broad SMARTS) is 1. The highest BCUT2D eigenvalue weighted by molar-refractivity contribution is 5.96. The number of carbonyl (C=O) groups excluding carboxylic acids is 1. The molecule has 1 fully saturated rings. The van der Waals surface area contributed by atoms with Gasteiger partial charge in [-0.3, -0.25) is 24.2 Å². The number of fused-ring (bicyclic) bond motifs is 2.